The van der Waals surface area contributed by atoms with E-state index in [-0.39, 0.29) is 5.91 Å². The highest BCUT2D eigenvalue weighted by molar-refractivity contribution is 7.98. The van der Waals surface area contributed by atoms with E-state index in [1.165, 1.54) is 11.8 Å². The molecule has 0 saturated heterocycles. The van der Waals surface area contributed by atoms with E-state index in [2.05, 4.69) is 15.2 Å². The van der Waals surface area contributed by atoms with Crippen molar-refractivity contribution in [2.24, 2.45) is 0 Å². The van der Waals surface area contributed by atoms with Gasteiger partial charge >= 0.3 is 0 Å². The molecule has 0 fully saturated rings. The Bertz CT molecular complexity index is 1060. The van der Waals surface area contributed by atoms with Crippen LogP contribution >= 0.6 is 11.8 Å². The van der Waals surface area contributed by atoms with Crippen LogP contribution in [0, 0.1) is 0 Å². The maximum atomic E-state index is 13.3. The summed E-state index contributed by atoms with van der Waals surface area (Å²) in [6, 6.07) is 15.1. The molecule has 0 saturated carbocycles. The summed E-state index contributed by atoms with van der Waals surface area (Å²) in [7, 11) is 1.62. The van der Waals surface area contributed by atoms with Crippen molar-refractivity contribution in [2.45, 2.75) is 31.1 Å². The zero-order valence-corrected chi connectivity index (χ0v) is 17.8. The molecule has 0 unspecified atom stereocenters. The van der Waals surface area contributed by atoms with Gasteiger partial charge in [-0.25, -0.2) is 0 Å². The van der Waals surface area contributed by atoms with E-state index < -0.39 is 6.23 Å². The molecule has 2 aromatic carbocycles. The number of methoxy groups -OCH3 is 1. The first-order chi connectivity index (χ1) is 14.7. The first kappa shape index (κ1) is 20.2. The number of fused-ring (bicyclic) bond motifs is 3. The number of nitrogens with zero attached hydrogens (tertiary/aromatic N) is 4. The number of carbonyl (C=O) groups is 1. The fourth-order valence-electron chi connectivity index (χ4n) is 3.39. The van der Waals surface area contributed by atoms with Crippen LogP contribution in [0.5, 0.6) is 11.6 Å². The number of thioether (sulfide) groups is 1. The summed E-state index contributed by atoms with van der Waals surface area (Å²) in [6.45, 7) is 1.98. The molecule has 0 bridgehead atoms. The molecule has 1 aromatic heterocycles. The first-order valence-electron chi connectivity index (χ1n) is 9.67. The van der Waals surface area contributed by atoms with E-state index in [9.17, 15) is 4.79 Å². The highest BCUT2D eigenvalue weighted by atomic mass is 32.2. The van der Waals surface area contributed by atoms with Crippen molar-refractivity contribution < 1.29 is 14.3 Å². The molecule has 7 nitrogen and oxygen atoms in total. The van der Waals surface area contributed by atoms with Gasteiger partial charge in [-0.05, 0) is 43.0 Å². The minimum atomic E-state index is -0.691. The van der Waals surface area contributed by atoms with E-state index in [0.29, 0.717) is 23.2 Å². The molecule has 0 radical (unpaired) electrons. The van der Waals surface area contributed by atoms with Crippen molar-refractivity contribution >= 4 is 23.4 Å². The van der Waals surface area contributed by atoms with Gasteiger partial charge in [0.2, 0.25) is 23.2 Å². The Hall–Kier alpha value is -3.13. The van der Waals surface area contributed by atoms with Crippen LogP contribution < -0.4 is 14.4 Å². The van der Waals surface area contributed by atoms with Crippen molar-refractivity contribution in [2.75, 3.05) is 18.3 Å². The molecular formula is C22H22N4O3S. The number of hydrogen-bond acceptors (Lipinski definition) is 7. The summed E-state index contributed by atoms with van der Waals surface area (Å²) in [5.74, 6) is 1.05. The summed E-state index contributed by atoms with van der Waals surface area (Å²) in [4.78, 5) is 19.5. The average Bonchev–Trinajstić information content (AvgIpc) is 2.93. The predicted octanol–water partition coefficient (Wildman–Crippen LogP) is 4.49. The Labute approximate surface area is 179 Å². The molecule has 1 aliphatic rings. The second kappa shape index (κ2) is 8.71. The van der Waals surface area contributed by atoms with Gasteiger partial charge in [0.25, 0.3) is 0 Å². The van der Waals surface area contributed by atoms with E-state index >= 15 is 0 Å². The molecule has 1 amide bonds. The summed E-state index contributed by atoms with van der Waals surface area (Å²) >= 11 is 1.39. The standard InChI is InChI=1S/C22H22N4O3S/c1-4-7-18(27)26-17-9-6-5-8-16(17)19-20(23-22(30-3)25-24-19)29-21(26)14-10-12-15(28-2)13-11-14/h5-6,8-13,21H,4,7H2,1-3H3/t21-/m0/s1. The van der Waals surface area contributed by atoms with E-state index in [0.717, 1.165) is 29.0 Å². The monoisotopic (exact) mass is 422 g/mol. The molecule has 3 aromatic rings. The molecule has 1 aliphatic heterocycles. The number of carbonyl (C=O) groups excluding carboxylic acids is 1. The van der Waals surface area contributed by atoms with Crippen LogP contribution in [0.15, 0.2) is 53.7 Å². The minimum absolute atomic E-state index is 0.0309. The quantitative estimate of drug-likeness (QED) is 0.561. The number of benzene rings is 2. The SMILES string of the molecule is CCCC(=O)N1c2ccccc2-c2nnc(SC)nc2O[C@H]1c1ccc(OC)cc1. The van der Waals surface area contributed by atoms with Crippen LogP contribution in [-0.4, -0.2) is 34.5 Å². The Morgan fingerprint density at radius 3 is 2.63 bits per heavy atom. The zero-order chi connectivity index (χ0) is 21.1. The number of ether oxygens (including phenoxy) is 2. The third-order valence-corrected chi connectivity index (χ3v) is 5.37. The average molecular weight is 423 g/mol. The molecule has 30 heavy (non-hydrogen) atoms. The lowest BCUT2D eigenvalue weighted by atomic mass is 10.1. The predicted molar refractivity (Wildman–Crippen MR) is 116 cm³/mol. The van der Waals surface area contributed by atoms with Crippen molar-refractivity contribution in [3.05, 3.63) is 54.1 Å². The van der Waals surface area contributed by atoms with Crippen LogP contribution in [0.4, 0.5) is 5.69 Å². The summed E-state index contributed by atoms with van der Waals surface area (Å²) in [6.07, 6.45) is 2.32. The normalized spacial score (nSPS) is 14.9. The maximum Gasteiger partial charge on any atom is 0.247 e. The van der Waals surface area contributed by atoms with Gasteiger partial charge in [-0.3, -0.25) is 9.69 Å². The summed E-state index contributed by atoms with van der Waals surface area (Å²) in [5.41, 5.74) is 2.82. The van der Waals surface area contributed by atoms with Gasteiger partial charge < -0.3 is 9.47 Å². The Kier molecular flexibility index (Phi) is 5.85. The zero-order valence-electron chi connectivity index (χ0n) is 17.0. The van der Waals surface area contributed by atoms with Gasteiger partial charge in [0.1, 0.15) is 5.75 Å². The first-order valence-corrected chi connectivity index (χ1v) is 10.9. The van der Waals surface area contributed by atoms with E-state index in [1.807, 2.05) is 61.7 Å². The van der Waals surface area contributed by atoms with Crippen molar-refractivity contribution in [1.29, 1.82) is 0 Å². The number of amides is 1. The summed E-state index contributed by atoms with van der Waals surface area (Å²) in [5, 5.41) is 9.06. The molecule has 154 valence electrons. The van der Waals surface area contributed by atoms with Crippen molar-refractivity contribution in [3.63, 3.8) is 0 Å². The van der Waals surface area contributed by atoms with Gasteiger partial charge in [0.05, 0.1) is 12.8 Å². The minimum Gasteiger partial charge on any atom is -0.497 e. The van der Waals surface area contributed by atoms with Gasteiger partial charge in [-0.15, -0.1) is 10.2 Å². The van der Waals surface area contributed by atoms with Crippen LogP contribution in [0.1, 0.15) is 31.6 Å². The largest absolute Gasteiger partial charge is 0.497 e. The molecule has 0 spiro atoms. The highest BCUT2D eigenvalue weighted by Crippen LogP contribution is 2.43. The molecule has 1 atom stereocenters. The van der Waals surface area contributed by atoms with Gasteiger partial charge in [-0.2, -0.15) is 4.98 Å². The number of hydrogen-bond donors (Lipinski definition) is 0. The molecule has 8 heteroatoms. The lowest BCUT2D eigenvalue weighted by molar-refractivity contribution is -0.120. The maximum absolute atomic E-state index is 13.3. The second-order valence-electron chi connectivity index (χ2n) is 6.73. The van der Waals surface area contributed by atoms with Gasteiger partial charge in [-0.1, -0.05) is 36.9 Å². The van der Waals surface area contributed by atoms with Crippen molar-refractivity contribution in [1.82, 2.24) is 15.2 Å². The second-order valence-corrected chi connectivity index (χ2v) is 7.50. The molecule has 0 N–H and O–H groups in total. The highest BCUT2D eigenvalue weighted by Gasteiger charge is 2.35. The van der Waals surface area contributed by atoms with Gasteiger partial charge in [0, 0.05) is 17.5 Å². The lowest BCUT2D eigenvalue weighted by Crippen LogP contribution is -2.37. The fourth-order valence-corrected chi connectivity index (χ4v) is 3.69. The van der Waals surface area contributed by atoms with Crippen LogP contribution in [0.3, 0.4) is 0 Å². The fraction of sp³-hybridized carbons (Fsp3) is 0.273. The third-order valence-electron chi connectivity index (χ3n) is 4.83. The Morgan fingerprint density at radius 2 is 1.93 bits per heavy atom. The smallest absolute Gasteiger partial charge is 0.247 e. The van der Waals surface area contributed by atoms with E-state index in [1.54, 1.807) is 12.0 Å². The molecular weight excluding hydrogens is 400 g/mol. The number of rotatable bonds is 5. The number of aromatic nitrogens is 3. The van der Waals surface area contributed by atoms with Crippen LogP contribution in [-0.2, 0) is 4.79 Å². The molecule has 2 heterocycles. The van der Waals surface area contributed by atoms with Crippen LogP contribution in [0.2, 0.25) is 0 Å². The molecule has 4 rings (SSSR count). The number of anilines is 1. The molecule has 0 aliphatic carbocycles. The third kappa shape index (κ3) is 3.70. The lowest BCUT2D eigenvalue weighted by Gasteiger charge is -2.31. The summed E-state index contributed by atoms with van der Waals surface area (Å²) < 4.78 is 11.6. The van der Waals surface area contributed by atoms with Crippen molar-refractivity contribution in [3.8, 4) is 22.9 Å². The van der Waals surface area contributed by atoms with E-state index in [4.69, 9.17) is 9.47 Å². The topological polar surface area (TPSA) is 77.4 Å². The Morgan fingerprint density at radius 1 is 1.17 bits per heavy atom. The van der Waals surface area contributed by atoms with Gasteiger partial charge in [0.15, 0.2) is 5.69 Å². The van der Waals surface area contributed by atoms with Crippen LogP contribution in [0.25, 0.3) is 11.3 Å². The Balaban J connectivity index is 1.92. The number of para-hydroxylation sites is 1.